The Morgan fingerprint density at radius 3 is 2.84 bits per heavy atom. The number of aromatic hydroxyl groups is 1. The topological polar surface area (TPSA) is 62.2 Å². The van der Waals surface area contributed by atoms with Crippen molar-refractivity contribution in [3.63, 3.8) is 0 Å². The number of amides is 1. The predicted molar refractivity (Wildman–Crippen MR) is 70.1 cm³/mol. The second kappa shape index (κ2) is 3.63. The average Bonchev–Trinajstić information content (AvgIpc) is 2.70. The van der Waals surface area contributed by atoms with Gasteiger partial charge in [-0.15, -0.1) is 11.6 Å². The Morgan fingerprint density at radius 1 is 1.47 bits per heavy atom. The van der Waals surface area contributed by atoms with Crippen LogP contribution in [0, 0.1) is 30.6 Å². The first-order chi connectivity index (χ1) is 9.09. The molecule has 6 atom stereocenters. The molecule has 1 heterocycles. The van der Waals surface area contributed by atoms with Gasteiger partial charge >= 0.3 is 0 Å². The van der Waals surface area contributed by atoms with E-state index < -0.39 is 0 Å². The average molecular weight is 279 g/mol. The molecule has 1 aromatic rings. The molecule has 4 bridgehead atoms. The zero-order chi connectivity index (χ0) is 13.3. The molecular formula is C14H15ClN2O2. The fourth-order valence-electron chi connectivity index (χ4n) is 4.20. The number of nitrogens with zero attached hydrogens (tertiary/aromatic N) is 1. The van der Waals surface area contributed by atoms with Crippen LogP contribution in [0.2, 0.25) is 0 Å². The number of carbonyl (C=O) groups excluding carboxylic acids is 1. The van der Waals surface area contributed by atoms with E-state index in [2.05, 4.69) is 10.3 Å². The number of nitrogens with one attached hydrogen (secondary N) is 1. The van der Waals surface area contributed by atoms with Crippen LogP contribution in [0.5, 0.6) is 5.75 Å². The lowest BCUT2D eigenvalue weighted by molar-refractivity contribution is 0.0920. The van der Waals surface area contributed by atoms with Crippen LogP contribution < -0.4 is 5.32 Å². The fourth-order valence-corrected chi connectivity index (χ4v) is 4.81. The van der Waals surface area contributed by atoms with Gasteiger partial charge in [-0.05, 0) is 48.6 Å². The van der Waals surface area contributed by atoms with Gasteiger partial charge in [-0.25, -0.2) is 4.98 Å². The van der Waals surface area contributed by atoms with Crippen LogP contribution in [0.15, 0.2) is 12.3 Å². The number of hydrogen-bond donors (Lipinski definition) is 2. The standard InChI is InChI=1S/C14H15ClN2O2/c1-5-2-3-16-12(13(5)18)14(19)17-11-7-4-6-8(9(6)11)10(7)15/h2-3,6-11,18H,4H2,1H3,(H,17,19). The summed E-state index contributed by atoms with van der Waals surface area (Å²) >= 11 is 6.36. The molecule has 5 heteroatoms. The molecule has 4 aliphatic carbocycles. The second-order valence-electron chi connectivity index (χ2n) is 5.99. The third kappa shape index (κ3) is 1.41. The molecule has 0 spiro atoms. The smallest absolute Gasteiger partial charge is 0.273 e. The lowest BCUT2D eigenvalue weighted by Gasteiger charge is -2.18. The molecule has 6 unspecified atom stereocenters. The molecule has 4 nitrogen and oxygen atoms in total. The van der Waals surface area contributed by atoms with Gasteiger partial charge in [0.2, 0.25) is 0 Å². The van der Waals surface area contributed by atoms with Crippen molar-refractivity contribution in [2.45, 2.75) is 24.8 Å². The highest BCUT2D eigenvalue weighted by Gasteiger charge is 2.73. The van der Waals surface area contributed by atoms with Crippen LogP contribution in [0.25, 0.3) is 0 Å². The number of aromatic nitrogens is 1. The van der Waals surface area contributed by atoms with E-state index in [1.54, 1.807) is 19.2 Å². The molecule has 4 fully saturated rings. The van der Waals surface area contributed by atoms with E-state index in [1.807, 2.05) is 0 Å². The zero-order valence-corrected chi connectivity index (χ0v) is 11.3. The molecule has 0 saturated heterocycles. The van der Waals surface area contributed by atoms with Crippen LogP contribution in [-0.2, 0) is 0 Å². The summed E-state index contributed by atoms with van der Waals surface area (Å²) in [4.78, 5) is 16.2. The van der Waals surface area contributed by atoms with Crippen molar-refractivity contribution in [2.24, 2.45) is 23.7 Å². The van der Waals surface area contributed by atoms with Crippen LogP contribution >= 0.6 is 11.6 Å². The Morgan fingerprint density at radius 2 is 2.26 bits per heavy atom. The van der Waals surface area contributed by atoms with Crippen molar-refractivity contribution in [2.75, 3.05) is 0 Å². The Balaban J connectivity index is 1.55. The lowest BCUT2D eigenvalue weighted by Crippen LogP contribution is -2.39. The highest BCUT2D eigenvalue weighted by Crippen LogP contribution is 2.71. The van der Waals surface area contributed by atoms with E-state index in [0.29, 0.717) is 23.3 Å². The van der Waals surface area contributed by atoms with E-state index in [1.165, 1.54) is 0 Å². The van der Waals surface area contributed by atoms with Gasteiger partial charge in [0.15, 0.2) is 5.69 Å². The van der Waals surface area contributed by atoms with Gasteiger partial charge in [0.05, 0.1) is 0 Å². The van der Waals surface area contributed by atoms with Crippen LogP contribution in [0.3, 0.4) is 0 Å². The maximum atomic E-state index is 12.2. The number of alkyl halides is 1. The summed E-state index contributed by atoms with van der Waals surface area (Å²) < 4.78 is 0. The molecule has 19 heavy (non-hydrogen) atoms. The predicted octanol–water partition coefficient (Wildman–Crippen LogP) is 1.70. The summed E-state index contributed by atoms with van der Waals surface area (Å²) in [6, 6.07) is 1.86. The maximum Gasteiger partial charge on any atom is 0.273 e. The van der Waals surface area contributed by atoms with Gasteiger partial charge in [0.25, 0.3) is 5.91 Å². The summed E-state index contributed by atoms with van der Waals surface area (Å²) in [6.07, 6.45) is 2.69. The first-order valence-electron chi connectivity index (χ1n) is 6.69. The minimum atomic E-state index is -0.284. The molecule has 4 saturated carbocycles. The number of aryl methyl sites for hydroxylation is 1. The second-order valence-corrected chi connectivity index (χ2v) is 6.49. The highest BCUT2D eigenvalue weighted by molar-refractivity contribution is 6.22. The van der Waals surface area contributed by atoms with E-state index in [9.17, 15) is 9.90 Å². The molecule has 0 radical (unpaired) electrons. The minimum absolute atomic E-state index is 0.0277. The molecule has 2 N–H and O–H groups in total. The van der Waals surface area contributed by atoms with Gasteiger partial charge in [-0.3, -0.25) is 4.79 Å². The van der Waals surface area contributed by atoms with Gasteiger partial charge in [0, 0.05) is 17.6 Å². The van der Waals surface area contributed by atoms with Crippen LogP contribution in [0.1, 0.15) is 22.5 Å². The van der Waals surface area contributed by atoms with Gasteiger partial charge in [-0.2, -0.15) is 0 Å². The number of rotatable bonds is 2. The largest absolute Gasteiger partial charge is 0.505 e. The normalized spacial score (nSPS) is 41.4. The number of hydrogen-bond acceptors (Lipinski definition) is 3. The Kier molecular flexibility index (Phi) is 2.20. The van der Waals surface area contributed by atoms with E-state index >= 15 is 0 Å². The van der Waals surface area contributed by atoms with Gasteiger partial charge in [0.1, 0.15) is 5.75 Å². The SMILES string of the molecule is Cc1ccnc(C(=O)NC2C3CC4C(C3Cl)C42)c1O. The molecule has 0 aliphatic heterocycles. The zero-order valence-electron chi connectivity index (χ0n) is 10.5. The van der Waals surface area contributed by atoms with E-state index in [0.717, 1.165) is 12.3 Å². The molecule has 5 rings (SSSR count). The molecular weight excluding hydrogens is 264 g/mol. The number of carbonyl (C=O) groups is 1. The van der Waals surface area contributed by atoms with Crippen LogP contribution in [-0.4, -0.2) is 27.4 Å². The third-order valence-electron chi connectivity index (χ3n) is 5.13. The fraction of sp³-hybridized carbons (Fsp3) is 0.571. The van der Waals surface area contributed by atoms with E-state index in [-0.39, 0.29) is 28.8 Å². The molecule has 0 aromatic carbocycles. The van der Waals surface area contributed by atoms with Crippen molar-refractivity contribution >= 4 is 17.5 Å². The quantitative estimate of drug-likeness (QED) is 0.810. The van der Waals surface area contributed by atoms with Crippen molar-refractivity contribution in [3.8, 4) is 5.75 Å². The van der Waals surface area contributed by atoms with Gasteiger partial charge in [-0.1, -0.05) is 0 Å². The molecule has 100 valence electrons. The van der Waals surface area contributed by atoms with Crippen LogP contribution in [0.4, 0.5) is 0 Å². The molecule has 1 aromatic heterocycles. The van der Waals surface area contributed by atoms with Crippen molar-refractivity contribution in [1.82, 2.24) is 10.3 Å². The summed E-state index contributed by atoms with van der Waals surface area (Å²) in [6.45, 7) is 1.76. The minimum Gasteiger partial charge on any atom is -0.505 e. The first-order valence-corrected chi connectivity index (χ1v) is 7.12. The summed E-state index contributed by atoms with van der Waals surface area (Å²) in [7, 11) is 0. The summed E-state index contributed by atoms with van der Waals surface area (Å²) in [5, 5.41) is 13.1. The third-order valence-corrected chi connectivity index (χ3v) is 5.74. The van der Waals surface area contributed by atoms with Crippen molar-refractivity contribution in [1.29, 1.82) is 0 Å². The maximum absolute atomic E-state index is 12.2. The highest BCUT2D eigenvalue weighted by atomic mass is 35.5. The molecule has 4 aliphatic rings. The molecule has 1 amide bonds. The monoisotopic (exact) mass is 278 g/mol. The Bertz CT molecular complexity index is 577. The van der Waals surface area contributed by atoms with Gasteiger partial charge < -0.3 is 10.4 Å². The Hall–Kier alpha value is -1.29. The summed E-state index contributed by atoms with van der Waals surface area (Å²) in [5.41, 5.74) is 0.780. The summed E-state index contributed by atoms with van der Waals surface area (Å²) in [5.74, 6) is 1.97. The Labute approximate surface area is 116 Å². The number of pyridine rings is 1. The van der Waals surface area contributed by atoms with Crippen molar-refractivity contribution < 1.29 is 9.90 Å². The first kappa shape index (κ1) is 11.5. The van der Waals surface area contributed by atoms with E-state index in [4.69, 9.17) is 11.6 Å². The van der Waals surface area contributed by atoms with Crippen molar-refractivity contribution in [3.05, 3.63) is 23.5 Å². The lowest BCUT2D eigenvalue weighted by atomic mass is 10.1. The number of halogens is 1.